The lowest BCUT2D eigenvalue weighted by atomic mass is 10.1. The molecule has 0 unspecified atom stereocenters. The number of ether oxygens (including phenoxy) is 1. The third-order valence-corrected chi connectivity index (χ3v) is 4.28. The monoisotopic (exact) mass is 451 g/mol. The Morgan fingerprint density at radius 1 is 1.00 bits per heavy atom. The second-order valence-electron chi connectivity index (χ2n) is 6.31. The molecule has 2 N–H and O–H groups in total. The number of aliphatic imine (C=N–C) groups is 1. The Bertz CT molecular complexity index is 669. The average Bonchev–Trinajstić information content (AvgIpc) is 3.46. The molecule has 1 saturated carbocycles. The molecule has 2 aromatic rings. The van der Waals surface area contributed by atoms with E-state index in [2.05, 4.69) is 46.3 Å². The number of benzene rings is 2. The van der Waals surface area contributed by atoms with Crippen molar-refractivity contribution in [3.05, 3.63) is 71.3 Å². The zero-order chi connectivity index (χ0) is 16.8. The van der Waals surface area contributed by atoms with Crippen molar-refractivity contribution in [3.63, 3.8) is 0 Å². The van der Waals surface area contributed by atoms with E-state index >= 15 is 0 Å². The van der Waals surface area contributed by atoms with Gasteiger partial charge in [0, 0.05) is 13.1 Å². The van der Waals surface area contributed by atoms with Gasteiger partial charge in [0.2, 0.25) is 0 Å². The van der Waals surface area contributed by atoms with E-state index < -0.39 is 0 Å². The summed E-state index contributed by atoms with van der Waals surface area (Å²) in [5, 5.41) is 0. The second kappa shape index (κ2) is 9.77. The van der Waals surface area contributed by atoms with Gasteiger partial charge in [0.05, 0.1) is 19.8 Å². The van der Waals surface area contributed by atoms with Crippen LogP contribution in [0.2, 0.25) is 0 Å². The van der Waals surface area contributed by atoms with Gasteiger partial charge >= 0.3 is 0 Å². The van der Waals surface area contributed by atoms with Gasteiger partial charge in [-0.2, -0.15) is 0 Å². The molecule has 0 atom stereocenters. The van der Waals surface area contributed by atoms with Crippen LogP contribution in [0.15, 0.2) is 59.6 Å². The van der Waals surface area contributed by atoms with Crippen molar-refractivity contribution in [1.29, 1.82) is 0 Å². The van der Waals surface area contributed by atoms with Gasteiger partial charge in [-0.05, 0) is 29.5 Å². The topological polar surface area (TPSA) is 50.8 Å². The first kappa shape index (κ1) is 19.7. The van der Waals surface area contributed by atoms with E-state index in [0.29, 0.717) is 31.8 Å². The van der Waals surface area contributed by atoms with Crippen molar-refractivity contribution in [2.75, 3.05) is 7.05 Å². The van der Waals surface area contributed by atoms with Crippen LogP contribution in [-0.4, -0.2) is 23.9 Å². The molecular formula is C20H26IN3O. The van der Waals surface area contributed by atoms with Gasteiger partial charge in [-0.25, -0.2) is 4.99 Å². The molecule has 1 aliphatic carbocycles. The average molecular weight is 451 g/mol. The number of guanidine groups is 1. The Morgan fingerprint density at radius 3 is 2.16 bits per heavy atom. The molecule has 1 aliphatic rings. The lowest BCUT2D eigenvalue weighted by Gasteiger charge is -2.16. The molecule has 3 rings (SSSR count). The molecule has 0 amide bonds. The maximum absolute atomic E-state index is 6.01. The van der Waals surface area contributed by atoms with Gasteiger partial charge in [0.1, 0.15) is 0 Å². The number of nitrogens with zero attached hydrogens (tertiary/aromatic N) is 2. The van der Waals surface area contributed by atoms with Crippen LogP contribution in [0.5, 0.6) is 0 Å². The fraction of sp³-hybridized carbons (Fsp3) is 0.350. The van der Waals surface area contributed by atoms with Gasteiger partial charge in [-0.15, -0.1) is 24.0 Å². The van der Waals surface area contributed by atoms with Crippen molar-refractivity contribution >= 4 is 29.9 Å². The van der Waals surface area contributed by atoms with Crippen LogP contribution in [0.3, 0.4) is 0 Å². The lowest BCUT2D eigenvalue weighted by Crippen LogP contribution is -2.35. The Morgan fingerprint density at radius 2 is 1.56 bits per heavy atom. The van der Waals surface area contributed by atoms with Gasteiger partial charge in [-0.3, -0.25) is 0 Å². The number of nitrogens with two attached hydrogens (primary N) is 1. The van der Waals surface area contributed by atoms with Gasteiger partial charge in [-0.1, -0.05) is 54.6 Å². The van der Waals surface area contributed by atoms with Gasteiger partial charge in [0.15, 0.2) is 5.96 Å². The summed E-state index contributed by atoms with van der Waals surface area (Å²) in [7, 11) is 2.02. The van der Waals surface area contributed by atoms with Gasteiger partial charge in [0.25, 0.3) is 0 Å². The van der Waals surface area contributed by atoms with E-state index in [1.807, 2.05) is 25.2 Å². The normalized spacial score (nSPS) is 14.0. The first-order chi connectivity index (χ1) is 11.7. The molecule has 4 nitrogen and oxygen atoms in total. The molecule has 5 heteroatoms. The summed E-state index contributed by atoms with van der Waals surface area (Å²) >= 11 is 0. The van der Waals surface area contributed by atoms with Crippen molar-refractivity contribution in [1.82, 2.24) is 4.90 Å². The zero-order valence-corrected chi connectivity index (χ0v) is 16.9. The summed E-state index contributed by atoms with van der Waals surface area (Å²) in [6, 6.07) is 19.2. The van der Waals surface area contributed by atoms with Crippen LogP contribution < -0.4 is 5.73 Å². The SMILES string of the molecule is CN(C(N)=NCc1ccc(COCc2ccccc2)cc1)C1CC1.I. The maximum Gasteiger partial charge on any atom is 0.191 e. The van der Waals surface area contributed by atoms with Crippen molar-refractivity contribution in [2.45, 2.75) is 38.6 Å². The Balaban J connectivity index is 0.00000225. The predicted octanol–water partition coefficient (Wildman–Crippen LogP) is 3.93. The first-order valence-corrected chi connectivity index (χ1v) is 8.44. The standard InChI is InChI=1S/C20H25N3O.HI/c1-23(19-11-12-19)20(21)22-13-16-7-9-18(10-8-16)15-24-14-17-5-3-2-4-6-17;/h2-10,19H,11-15H2,1H3,(H2,21,22);1H. The second-order valence-corrected chi connectivity index (χ2v) is 6.31. The number of halogens is 1. The number of hydrogen-bond donors (Lipinski definition) is 1. The minimum Gasteiger partial charge on any atom is -0.372 e. The zero-order valence-electron chi connectivity index (χ0n) is 14.6. The Kier molecular flexibility index (Phi) is 7.71. The van der Waals surface area contributed by atoms with Crippen LogP contribution in [0.25, 0.3) is 0 Å². The fourth-order valence-corrected chi connectivity index (χ4v) is 2.53. The van der Waals surface area contributed by atoms with E-state index in [0.717, 1.165) is 5.56 Å². The molecule has 25 heavy (non-hydrogen) atoms. The largest absolute Gasteiger partial charge is 0.372 e. The highest BCUT2D eigenvalue weighted by molar-refractivity contribution is 14.0. The predicted molar refractivity (Wildman–Crippen MR) is 113 cm³/mol. The van der Waals surface area contributed by atoms with E-state index in [9.17, 15) is 0 Å². The summed E-state index contributed by atoms with van der Waals surface area (Å²) < 4.78 is 5.75. The van der Waals surface area contributed by atoms with E-state index in [4.69, 9.17) is 10.5 Å². The maximum atomic E-state index is 6.01. The highest BCUT2D eigenvalue weighted by atomic mass is 127. The molecule has 0 spiro atoms. The van der Waals surface area contributed by atoms with Crippen molar-refractivity contribution in [3.8, 4) is 0 Å². The summed E-state index contributed by atoms with van der Waals surface area (Å²) in [5.41, 5.74) is 9.54. The van der Waals surface area contributed by atoms with Crippen LogP contribution in [0.1, 0.15) is 29.5 Å². The molecule has 0 saturated heterocycles. The smallest absolute Gasteiger partial charge is 0.191 e. The van der Waals surface area contributed by atoms with Crippen LogP contribution in [0, 0.1) is 0 Å². The Labute approximate surface area is 167 Å². The van der Waals surface area contributed by atoms with E-state index in [1.165, 1.54) is 24.0 Å². The fourth-order valence-electron chi connectivity index (χ4n) is 2.53. The third kappa shape index (κ3) is 6.32. The van der Waals surface area contributed by atoms with Crippen LogP contribution in [-0.2, 0) is 24.5 Å². The molecule has 0 aromatic heterocycles. The quantitative estimate of drug-likeness (QED) is 0.394. The highest BCUT2D eigenvalue weighted by Gasteiger charge is 2.27. The minimum absolute atomic E-state index is 0. The summed E-state index contributed by atoms with van der Waals surface area (Å²) in [6.45, 7) is 1.87. The Hall–Kier alpha value is -1.60. The van der Waals surface area contributed by atoms with Crippen molar-refractivity contribution in [2.24, 2.45) is 10.7 Å². The minimum atomic E-state index is 0. The molecule has 2 aromatic carbocycles. The van der Waals surface area contributed by atoms with E-state index in [1.54, 1.807) is 0 Å². The summed E-state index contributed by atoms with van der Waals surface area (Å²) in [6.07, 6.45) is 2.45. The molecule has 1 fully saturated rings. The molecule has 0 bridgehead atoms. The lowest BCUT2D eigenvalue weighted by molar-refractivity contribution is 0.107. The highest BCUT2D eigenvalue weighted by Crippen LogP contribution is 2.24. The molecular weight excluding hydrogens is 425 g/mol. The summed E-state index contributed by atoms with van der Waals surface area (Å²) in [5.74, 6) is 0.632. The molecule has 0 aliphatic heterocycles. The van der Waals surface area contributed by atoms with Crippen LogP contribution >= 0.6 is 24.0 Å². The number of hydrogen-bond acceptors (Lipinski definition) is 2. The molecule has 134 valence electrons. The third-order valence-electron chi connectivity index (χ3n) is 4.28. The number of rotatable bonds is 7. The molecule has 0 radical (unpaired) electrons. The van der Waals surface area contributed by atoms with E-state index in [-0.39, 0.29) is 24.0 Å². The van der Waals surface area contributed by atoms with Crippen LogP contribution in [0.4, 0.5) is 0 Å². The summed E-state index contributed by atoms with van der Waals surface area (Å²) in [4.78, 5) is 6.55. The molecule has 0 heterocycles. The van der Waals surface area contributed by atoms with Gasteiger partial charge < -0.3 is 15.4 Å². The van der Waals surface area contributed by atoms with Crippen molar-refractivity contribution < 1.29 is 4.74 Å². The first-order valence-electron chi connectivity index (χ1n) is 8.44.